The molecule has 0 aromatic carbocycles. The number of unbranched alkanes of at least 4 members (excludes halogenated alkanes) is 1. The molecule has 186 valence electrons. The van der Waals surface area contributed by atoms with Gasteiger partial charge in [-0.25, -0.2) is 0 Å². The number of carbonyl (C=O) groups excluding carboxylic acids is 2. The second kappa shape index (κ2) is 13.7. The van der Waals surface area contributed by atoms with Crippen LogP contribution in [-0.4, -0.2) is 48.2 Å². The van der Waals surface area contributed by atoms with Gasteiger partial charge in [-0.3, -0.25) is 14.4 Å². The number of allylic oxidation sites excluding steroid dienone is 2. The van der Waals surface area contributed by atoms with Crippen molar-refractivity contribution in [2.75, 3.05) is 13.1 Å². The lowest BCUT2D eigenvalue weighted by molar-refractivity contribution is -0.137. The van der Waals surface area contributed by atoms with Crippen LogP contribution in [0.1, 0.15) is 89.9 Å². The summed E-state index contributed by atoms with van der Waals surface area (Å²) in [4.78, 5) is 35.0. The molecule has 3 N–H and O–H groups in total. The molecule has 2 amide bonds. The van der Waals surface area contributed by atoms with E-state index in [4.69, 9.17) is 9.84 Å². The monoisotopic (exact) mass is 462 g/mol. The van der Waals surface area contributed by atoms with Crippen LogP contribution in [0.4, 0.5) is 0 Å². The SMILES string of the molecule is O=C(O)CCC/C=C\C[C@@H]1[C@H](CNC(=O)CNC(=O)CCCC2CCCCC2)[C@H]2CC[C@@H]1O2. The maximum absolute atomic E-state index is 12.3. The van der Waals surface area contributed by atoms with Gasteiger partial charge in [0, 0.05) is 25.3 Å². The van der Waals surface area contributed by atoms with Crippen molar-refractivity contribution < 1.29 is 24.2 Å². The molecule has 3 aliphatic rings. The van der Waals surface area contributed by atoms with Gasteiger partial charge >= 0.3 is 5.97 Å². The van der Waals surface area contributed by atoms with Gasteiger partial charge in [0.15, 0.2) is 0 Å². The molecular weight excluding hydrogens is 420 g/mol. The van der Waals surface area contributed by atoms with Crippen LogP contribution in [-0.2, 0) is 19.1 Å². The van der Waals surface area contributed by atoms with Gasteiger partial charge in [-0.05, 0) is 56.8 Å². The van der Waals surface area contributed by atoms with Crippen LogP contribution in [0.2, 0.25) is 0 Å². The number of carbonyl (C=O) groups is 3. The summed E-state index contributed by atoms with van der Waals surface area (Å²) in [6.45, 7) is 0.618. The molecule has 2 aliphatic heterocycles. The summed E-state index contributed by atoms with van der Waals surface area (Å²) in [7, 11) is 0. The smallest absolute Gasteiger partial charge is 0.303 e. The fourth-order valence-corrected chi connectivity index (χ4v) is 5.81. The Balaban J connectivity index is 1.29. The Morgan fingerprint density at radius 1 is 0.848 bits per heavy atom. The lowest BCUT2D eigenvalue weighted by atomic mass is 9.77. The molecular formula is C26H42N2O5. The van der Waals surface area contributed by atoms with Crippen molar-refractivity contribution in [3.8, 4) is 0 Å². The third-order valence-corrected chi connectivity index (χ3v) is 7.65. The largest absolute Gasteiger partial charge is 0.481 e. The average Bonchev–Trinajstić information content (AvgIpc) is 3.41. The minimum absolute atomic E-state index is 0.0323. The third kappa shape index (κ3) is 8.76. The quantitative estimate of drug-likeness (QED) is 0.268. The Kier molecular flexibility index (Phi) is 10.7. The Bertz CT molecular complexity index is 674. The molecule has 2 saturated heterocycles. The summed E-state index contributed by atoms with van der Waals surface area (Å²) < 4.78 is 6.10. The number of hydrogen-bond donors (Lipinski definition) is 3. The topological polar surface area (TPSA) is 105 Å². The van der Waals surface area contributed by atoms with E-state index >= 15 is 0 Å². The highest BCUT2D eigenvalue weighted by Crippen LogP contribution is 2.44. The molecule has 4 atom stereocenters. The van der Waals surface area contributed by atoms with Crippen LogP contribution in [0.5, 0.6) is 0 Å². The van der Waals surface area contributed by atoms with Gasteiger partial charge < -0.3 is 20.5 Å². The number of nitrogens with one attached hydrogen (secondary N) is 2. The van der Waals surface area contributed by atoms with E-state index in [1.54, 1.807) is 0 Å². The van der Waals surface area contributed by atoms with Crippen LogP contribution < -0.4 is 10.6 Å². The lowest BCUT2D eigenvalue weighted by Crippen LogP contribution is -2.42. The molecule has 1 saturated carbocycles. The van der Waals surface area contributed by atoms with E-state index in [2.05, 4.69) is 22.8 Å². The van der Waals surface area contributed by atoms with Crippen molar-refractivity contribution in [3.63, 3.8) is 0 Å². The van der Waals surface area contributed by atoms with E-state index in [1.807, 2.05) is 0 Å². The van der Waals surface area contributed by atoms with Gasteiger partial charge in [-0.15, -0.1) is 0 Å². The highest BCUT2D eigenvalue weighted by molar-refractivity contribution is 5.84. The van der Waals surface area contributed by atoms with Gasteiger partial charge in [0.05, 0.1) is 18.8 Å². The Hall–Kier alpha value is -1.89. The number of hydrogen-bond acceptors (Lipinski definition) is 4. The van der Waals surface area contributed by atoms with Gasteiger partial charge in [0.25, 0.3) is 0 Å². The number of ether oxygens (including phenoxy) is 1. The summed E-state index contributed by atoms with van der Waals surface area (Å²) in [5, 5.41) is 14.5. The summed E-state index contributed by atoms with van der Waals surface area (Å²) >= 11 is 0. The zero-order chi connectivity index (χ0) is 23.5. The van der Waals surface area contributed by atoms with Gasteiger partial charge in [-0.1, -0.05) is 44.3 Å². The third-order valence-electron chi connectivity index (χ3n) is 7.65. The first-order valence-corrected chi connectivity index (χ1v) is 13.1. The standard InChI is InChI=1S/C26H42N2O5/c29-24(13-8-11-19-9-4-3-5-10-19)28-18-25(30)27-17-21-20(22-15-16-23(21)33-22)12-6-1-2-7-14-26(31)32/h1,6,19-23H,2-5,7-18H2,(H,27,30)(H,28,29)(H,31,32)/b6-1-/t20-,21+,22+,23-/m1/s1. The minimum atomic E-state index is -0.753. The van der Waals surface area contributed by atoms with Gasteiger partial charge in [0.2, 0.25) is 11.8 Å². The van der Waals surface area contributed by atoms with E-state index in [0.717, 1.165) is 44.4 Å². The maximum Gasteiger partial charge on any atom is 0.303 e. The van der Waals surface area contributed by atoms with Crippen LogP contribution >= 0.6 is 0 Å². The Morgan fingerprint density at radius 2 is 1.61 bits per heavy atom. The number of rotatable bonds is 14. The zero-order valence-electron chi connectivity index (χ0n) is 19.9. The summed E-state index contributed by atoms with van der Waals surface area (Å²) in [6.07, 6.45) is 18.5. The highest BCUT2D eigenvalue weighted by Gasteiger charge is 2.47. The molecule has 3 fully saturated rings. The van der Waals surface area contributed by atoms with Gasteiger partial charge in [0.1, 0.15) is 0 Å². The van der Waals surface area contributed by atoms with Crippen molar-refractivity contribution in [1.29, 1.82) is 0 Å². The first kappa shape index (κ1) is 25.7. The Labute approximate surface area is 198 Å². The van der Waals surface area contributed by atoms with Crippen LogP contribution in [0, 0.1) is 17.8 Å². The molecule has 3 rings (SSSR count). The highest BCUT2D eigenvalue weighted by atomic mass is 16.5. The number of fused-ring (bicyclic) bond motifs is 2. The fraction of sp³-hybridized carbons (Fsp3) is 0.808. The van der Waals surface area contributed by atoms with Crippen LogP contribution in [0.25, 0.3) is 0 Å². The van der Waals surface area contributed by atoms with E-state index in [9.17, 15) is 14.4 Å². The zero-order valence-corrected chi connectivity index (χ0v) is 19.9. The average molecular weight is 463 g/mol. The normalized spacial score (nSPS) is 27.2. The van der Waals surface area contributed by atoms with Crippen LogP contribution in [0.3, 0.4) is 0 Å². The van der Waals surface area contributed by atoms with Crippen LogP contribution in [0.15, 0.2) is 12.2 Å². The van der Waals surface area contributed by atoms with Crippen molar-refractivity contribution in [2.24, 2.45) is 17.8 Å². The number of aliphatic carboxylic acids is 1. The minimum Gasteiger partial charge on any atom is -0.481 e. The molecule has 0 unspecified atom stereocenters. The summed E-state index contributed by atoms with van der Waals surface area (Å²) in [6, 6.07) is 0. The number of carboxylic acid groups (broad SMARTS) is 1. The van der Waals surface area contributed by atoms with E-state index in [-0.39, 0.29) is 37.0 Å². The molecule has 0 aromatic heterocycles. The van der Waals surface area contributed by atoms with Crippen molar-refractivity contribution >= 4 is 17.8 Å². The first-order chi connectivity index (χ1) is 16.0. The first-order valence-electron chi connectivity index (χ1n) is 13.1. The molecule has 7 heteroatoms. The lowest BCUT2D eigenvalue weighted by Gasteiger charge is -2.27. The second-order valence-electron chi connectivity index (χ2n) is 10.1. The van der Waals surface area contributed by atoms with E-state index < -0.39 is 5.97 Å². The Morgan fingerprint density at radius 3 is 2.36 bits per heavy atom. The molecule has 2 heterocycles. The van der Waals surface area contributed by atoms with Crippen molar-refractivity contribution in [2.45, 2.75) is 102 Å². The van der Waals surface area contributed by atoms with E-state index in [1.165, 1.54) is 32.1 Å². The fourth-order valence-electron chi connectivity index (χ4n) is 5.81. The predicted octanol–water partition coefficient (Wildman–Crippen LogP) is 3.96. The predicted molar refractivity (Wildman–Crippen MR) is 127 cm³/mol. The van der Waals surface area contributed by atoms with E-state index in [0.29, 0.717) is 31.2 Å². The van der Waals surface area contributed by atoms with Gasteiger partial charge in [-0.2, -0.15) is 0 Å². The maximum atomic E-state index is 12.3. The van der Waals surface area contributed by atoms with Crippen molar-refractivity contribution in [3.05, 3.63) is 12.2 Å². The van der Waals surface area contributed by atoms with Crippen molar-refractivity contribution in [1.82, 2.24) is 10.6 Å². The number of carboxylic acids is 1. The summed E-state index contributed by atoms with van der Waals surface area (Å²) in [5.74, 6) is 0.538. The number of amides is 2. The molecule has 0 spiro atoms. The molecule has 0 aromatic rings. The second-order valence-corrected chi connectivity index (χ2v) is 10.1. The molecule has 33 heavy (non-hydrogen) atoms. The molecule has 0 radical (unpaired) electrons. The molecule has 1 aliphatic carbocycles. The molecule has 7 nitrogen and oxygen atoms in total. The summed E-state index contributed by atoms with van der Waals surface area (Å²) in [5.41, 5.74) is 0. The molecule has 2 bridgehead atoms.